The van der Waals surface area contributed by atoms with Crippen molar-refractivity contribution in [3.05, 3.63) is 65.7 Å². The maximum absolute atomic E-state index is 13.1. The van der Waals surface area contributed by atoms with Crippen LogP contribution in [0.3, 0.4) is 0 Å². The van der Waals surface area contributed by atoms with Crippen LogP contribution in [0, 0.1) is 5.41 Å². The summed E-state index contributed by atoms with van der Waals surface area (Å²) in [6.45, 7) is 1.80. The van der Waals surface area contributed by atoms with E-state index in [2.05, 4.69) is 0 Å². The van der Waals surface area contributed by atoms with Gasteiger partial charge in [-0.3, -0.25) is 4.79 Å². The maximum atomic E-state index is 13.1. The summed E-state index contributed by atoms with van der Waals surface area (Å²) in [6.07, 6.45) is 0.859. The Morgan fingerprint density at radius 3 is 2.20 bits per heavy atom. The van der Waals surface area contributed by atoms with Gasteiger partial charge < -0.3 is 10.8 Å². The summed E-state index contributed by atoms with van der Waals surface area (Å²) in [5.41, 5.74) is 6.10. The van der Waals surface area contributed by atoms with Crippen molar-refractivity contribution >= 4 is 15.8 Å². The van der Waals surface area contributed by atoms with Crippen LogP contribution >= 0.6 is 0 Å². The van der Waals surface area contributed by atoms with Crippen LogP contribution in [0.4, 0.5) is 0 Å². The number of carboxylic acids is 1. The van der Waals surface area contributed by atoms with Gasteiger partial charge in [0.2, 0.25) is 0 Å². The molecule has 3 N–H and O–H groups in total. The quantitative estimate of drug-likeness (QED) is 0.824. The van der Waals surface area contributed by atoms with Crippen molar-refractivity contribution < 1.29 is 18.3 Å². The molecule has 1 aliphatic carbocycles. The summed E-state index contributed by atoms with van der Waals surface area (Å²) in [6, 6.07) is 15.4. The fraction of sp³-hybridized carbons (Fsp3) is 0.316. The predicted molar refractivity (Wildman–Crippen MR) is 95.1 cm³/mol. The van der Waals surface area contributed by atoms with E-state index >= 15 is 0 Å². The fourth-order valence-corrected chi connectivity index (χ4v) is 6.04. The first-order valence-electron chi connectivity index (χ1n) is 8.20. The highest BCUT2D eigenvalue weighted by Crippen LogP contribution is 2.63. The molecule has 0 radical (unpaired) electrons. The molecule has 0 saturated heterocycles. The third kappa shape index (κ3) is 2.65. The summed E-state index contributed by atoms with van der Waals surface area (Å²) in [7, 11) is -3.80. The van der Waals surface area contributed by atoms with E-state index in [1.807, 2.05) is 31.2 Å². The van der Waals surface area contributed by atoms with Crippen molar-refractivity contribution in [2.24, 2.45) is 11.1 Å². The van der Waals surface area contributed by atoms with Crippen LogP contribution in [-0.4, -0.2) is 31.3 Å². The predicted octanol–water partition coefficient (Wildman–Crippen LogP) is 2.22. The molecule has 0 bridgehead atoms. The van der Waals surface area contributed by atoms with Crippen LogP contribution in [0.1, 0.15) is 24.0 Å². The van der Waals surface area contributed by atoms with Crippen LogP contribution in [0.25, 0.3) is 0 Å². The zero-order chi connectivity index (χ0) is 18.2. The number of aryl methyl sites for hydroxylation is 1. The third-order valence-corrected chi connectivity index (χ3v) is 7.44. The van der Waals surface area contributed by atoms with E-state index in [0.29, 0.717) is 5.56 Å². The molecule has 2 aromatic carbocycles. The number of hydrogen-bond donors (Lipinski definition) is 2. The first-order valence-corrected chi connectivity index (χ1v) is 9.75. The standard InChI is InChI=1S/C19H21NO4S/c1-2-13-8-10-14(11-9-13)16-17(19(16,12-20)18(21)22)25(23,24)15-6-4-3-5-7-15/h3-11,16-17H,2,12,20H2,1H3,(H,21,22)/t16-,17+,19-/m1/s1. The lowest BCUT2D eigenvalue weighted by Crippen LogP contribution is -2.31. The number of nitrogens with two attached hydrogens (primary N) is 1. The molecule has 0 aromatic heterocycles. The van der Waals surface area contributed by atoms with Gasteiger partial charge in [-0.15, -0.1) is 0 Å². The highest BCUT2D eigenvalue weighted by atomic mass is 32.2. The van der Waals surface area contributed by atoms with Gasteiger partial charge in [0.05, 0.1) is 10.1 Å². The molecule has 5 nitrogen and oxygen atoms in total. The summed E-state index contributed by atoms with van der Waals surface area (Å²) in [4.78, 5) is 12.1. The molecule has 0 spiro atoms. The van der Waals surface area contributed by atoms with Gasteiger partial charge in [-0.25, -0.2) is 8.42 Å². The van der Waals surface area contributed by atoms with E-state index in [-0.39, 0.29) is 11.4 Å². The SMILES string of the molecule is CCc1ccc([C@@H]2[C@H](S(=O)(=O)c3ccccc3)[C@]2(CN)C(=O)O)cc1. The minimum Gasteiger partial charge on any atom is -0.481 e. The zero-order valence-electron chi connectivity index (χ0n) is 13.9. The molecular weight excluding hydrogens is 338 g/mol. The van der Waals surface area contributed by atoms with Gasteiger partial charge in [-0.05, 0) is 29.7 Å². The molecule has 25 heavy (non-hydrogen) atoms. The van der Waals surface area contributed by atoms with E-state index in [1.165, 1.54) is 12.1 Å². The van der Waals surface area contributed by atoms with Gasteiger partial charge >= 0.3 is 5.97 Å². The smallest absolute Gasteiger partial charge is 0.312 e. The number of hydrogen-bond acceptors (Lipinski definition) is 4. The van der Waals surface area contributed by atoms with E-state index in [1.54, 1.807) is 18.2 Å². The highest BCUT2D eigenvalue weighted by Gasteiger charge is 2.75. The monoisotopic (exact) mass is 359 g/mol. The summed E-state index contributed by atoms with van der Waals surface area (Å²) in [5.74, 6) is -1.81. The molecule has 1 fully saturated rings. The molecule has 1 saturated carbocycles. The first-order chi connectivity index (χ1) is 11.9. The van der Waals surface area contributed by atoms with Crippen molar-refractivity contribution in [1.29, 1.82) is 0 Å². The van der Waals surface area contributed by atoms with Gasteiger partial charge in [0.25, 0.3) is 0 Å². The molecule has 0 amide bonds. The van der Waals surface area contributed by atoms with E-state index < -0.39 is 32.4 Å². The molecule has 0 heterocycles. The number of benzene rings is 2. The Balaban J connectivity index is 2.08. The fourth-order valence-electron chi connectivity index (χ4n) is 3.64. The van der Waals surface area contributed by atoms with Gasteiger partial charge in [0, 0.05) is 12.5 Å². The number of aliphatic carboxylic acids is 1. The van der Waals surface area contributed by atoms with Crippen LogP contribution in [0.15, 0.2) is 59.5 Å². The molecular formula is C19H21NO4S. The second-order valence-electron chi connectivity index (χ2n) is 6.40. The lowest BCUT2D eigenvalue weighted by molar-refractivity contribution is -0.143. The Kier molecular flexibility index (Phi) is 4.43. The van der Waals surface area contributed by atoms with Crippen molar-refractivity contribution in [2.45, 2.75) is 29.4 Å². The molecule has 0 aliphatic heterocycles. The average molecular weight is 359 g/mol. The molecule has 2 aromatic rings. The van der Waals surface area contributed by atoms with E-state index in [9.17, 15) is 18.3 Å². The molecule has 3 rings (SSSR count). The number of carboxylic acid groups (broad SMARTS) is 1. The summed E-state index contributed by atoms with van der Waals surface area (Å²) in [5, 5.41) is 8.71. The molecule has 3 atom stereocenters. The van der Waals surface area contributed by atoms with Gasteiger partial charge in [-0.2, -0.15) is 0 Å². The minimum absolute atomic E-state index is 0.131. The lowest BCUT2D eigenvalue weighted by Gasteiger charge is -2.10. The number of sulfone groups is 1. The topological polar surface area (TPSA) is 97.5 Å². The van der Waals surface area contributed by atoms with Crippen LogP contribution in [0.2, 0.25) is 0 Å². The normalized spacial score (nSPS) is 25.5. The van der Waals surface area contributed by atoms with Crippen LogP contribution in [0.5, 0.6) is 0 Å². The highest BCUT2D eigenvalue weighted by molar-refractivity contribution is 7.92. The average Bonchev–Trinajstić information content (AvgIpc) is 3.34. The Hall–Kier alpha value is -2.18. The van der Waals surface area contributed by atoms with Gasteiger partial charge in [0.15, 0.2) is 9.84 Å². The second kappa shape index (κ2) is 6.28. The van der Waals surface area contributed by atoms with Crippen molar-refractivity contribution in [2.75, 3.05) is 6.54 Å². The molecule has 1 aliphatic rings. The maximum Gasteiger partial charge on any atom is 0.312 e. The zero-order valence-corrected chi connectivity index (χ0v) is 14.7. The van der Waals surface area contributed by atoms with Crippen LogP contribution < -0.4 is 5.73 Å². The van der Waals surface area contributed by atoms with Gasteiger partial charge in [-0.1, -0.05) is 49.4 Å². The lowest BCUT2D eigenvalue weighted by atomic mass is 9.98. The molecule has 0 unspecified atom stereocenters. The van der Waals surface area contributed by atoms with E-state index in [0.717, 1.165) is 12.0 Å². The Morgan fingerprint density at radius 2 is 1.72 bits per heavy atom. The van der Waals surface area contributed by atoms with Crippen molar-refractivity contribution in [1.82, 2.24) is 0 Å². The Morgan fingerprint density at radius 1 is 1.12 bits per heavy atom. The Labute approximate surface area is 147 Å². The van der Waals surface area contributed by atoms with E-state index in [4.69, 9.17) is 5.73 Å². The molecule has 132 valence electrons. The summed E-state index contributed by atoms with van der Waals surface area (Å²) >= 11 is 0. The molecule has 6 heteroatoms. The van der Waals surface area contributed by atoms with Gasteiger partial charge in [0.1, 0.15) is 5.41 Å². The number of carbonyl (C=O) groups is 1. The Bertz CT molecular complexity index is 877. The van der Waals surface area contributed by atoms with Crippen LogP contribution in [-0.2, 0) is 21.1 Å². The second-order valence-corrected chi connectivity index (χ2v) is 8.47. The first kappa shape index (κ1) is 17.6. The summed E-state index contributed by atoms with van der Waals surface area (Å²) < 4.78 is 26.1. The number of rotatable bonds is 6. The largest absolute Gasteiger partial charge is 0.481 e. The van der Waals surface area contributed by atoms with Crippen molar-refractivity contribution in [3.8, 4) is 0 Å². The minimum atomic E-state index is -3.80. The van der Waals surface area contributed by atoms with Crippen molar-refractivity contribution in [3.63, 3.8) is 0 Å². The third-order valence-electron chi connectivity index (χ3n) is 5.15.